The maximum absolute atomic E-state index is 2.45. The van der Waals surface area contributed by atoms with E-state index in [-0.39, 0.29) is 0 Å². The molecule has 0 amide bonds. The predicted octanol–water partition coefficient (Wildman–Crippen LogP) is 5.52. The molecule has 1 aromatic heterocycles. The molecule has 0 saturated heterocycles. The summed E-state index contributed by atoms with van der Waals surface area (Å²) >= 11 is 1.85. The fourth-order valence-electron chi connectivity index (χ4n) is 4.52. The minimum Gasteiger partial charge on any atom is -0.308 e. The van der Waals surface area contributed by atoms with Crippen molar-refractivity contribution in [3.63, 3.8) is 0 Å². The predicted molar refractivity (Wildman–Crippen MR) is 133 cm³/mol. The van der Waals surface area contributed by atoms with Crippen LogP contribution in [0.1, 0.15) is 50.7 Å². The summed E-state index contributed by atoms with van der Waals surface area (Å²) in [5.74, 6) is 0.945. The van der Waals surface area contributed by atoms with Crippen LogP contribution in [0.4, 0.5) is 0 Å². The molecule has 4 nitrogen and oxygen atoms in total. The highest BCUT2D eigenvalue weighted by molar-refractivity contribution is 7.99. The Balaban J connectivity index is 2.90. The quantitative estimate of drug-likeness (QED) is 0.400. The van der Waals surface area contributed by atoms with Gasteiger partial charge in [-0.15, -0.1) is 11.8 Å². The van der Waals surface area contributed by atoms with Gasteiger partial charge in [0.25, 0.3) is 7.71 Å². The van der Waals surface area contributed by atoms with Gasteiger partial charge in [0, 0.05) is 54.5 Å². The molecular formula is C23H40N4PS+. The Morgan fingerprint density at radius 2 is 1.24 bits per heavy atom. The highest BCUT2D eigenvalue weighted by Crippen LogP contribution is 2.63. The maximum Gasteiger partial charge on any atom is 0.263 e. The van der Waals surface area contributed by atoms with E-state index in [1.165, 1.54) is 27.1 Å². The molecule has 0 N–H and O–H groups in total. The topological polar surface area (TPSA) is 14.7 Å². The van der Waals surface area contributed by atoms with E-state index in [4.69, 9.17) is 0 Å². The van der Waals surface area contributed by atoms with E-state index in [0.29, 0.717) is 11.8 Å². The molecule has 0 saturated carbocycles. The van der Waals surface area contributed by atoms with Crippen molar-refractivity contribution in [1.29, 1.82) is 0 Å². The summed E-state index contributed by atoms with van der Waals surface area (Å²) in [5.41, 5.74) is 4.19. The lowest BCUT2D eigenvalue weighted by molar-refractivity contribution is 0.472. The standard InChI is InChI=1S/C23H40N4PS/c1-17(2)19-13-12-14-20(18(3)4)22(19)27-16-15-21(23(27)29-11)28(24(5)6,25(7)8)26(9)10/h12-18H,1-11H3/q+1. The Morgan fingerprint density at radius 1 is 0.793 bits per heavy atom. The molecule has 2 rings (SSSR count). The zero-order valence-electron chi connectivity index (χ0n) is 20.2. The van der Waals surface area contributed by atoms with Crippen LogP contribution in [0.5, 0.6) is 0 Å². The minimum absolute atomic E-state index is 0.473. The van der Waals surface area contributed by atoms with Crippen LogP contribution in [0.25, 0.3) is 5.69 Å². The second-order valence-corrected chi connectivity index (χ2v) is 13.6. The molecule has 1 aromatic carbocycles. The summed E-state index contributed by atoms with van der Waals surface area (Å²) in [4.78, 5) is 0. The number of rotatable bonds is 8. The average molecular weight is 436 g/mol. The lowest BCUT2D eigenvalue weighted by atomic mass is 9.92. The van der Waals surface area contributed by atoms with Gasteiger partial charge in [-0.1, -0.05) is 45.9 Å². The SMILES string of the molecule is CSc1c([P+](N(C)C)(N(C)C)N(C)C)ccn1-c1c(C(C)C)cccc1C(C)C. The molecule has 6 heteroatoms. The van der Waals surface area contributed by atoms with Gasteiger partial charge in [0.2, 0.25) is 0 Å². The van der Waals surface area contributed by atoms with Crippen molar-refractivity contribution >= 4 is 24.8 Å². The van der Waals surface area contributed by atoms with Crippen molar-refractivity contribution in [2.24, 2.45) is 0 Å². The Labute approximate surface area is 183 Å². The van der Waals surface area contributed by atoms with Crippen LogP contribution in [-0.2, 0) is 0 Å². The molecule has 0 radical (unpaired) electrons. The van der Waals surface area contributed by atoms with Crippen molar-refractivity contribution in [1.82, 2.24) is 18.6 Å². The summed E-state index contributed by atoms with van der Waals surface area (Å²) in [6.07, 6.45) is 4.50. The van der Waals surface area contributed by atoms with Crippen molar-refractivity contribution < 1.29 is 0 Å². The smallest absolute Gasteiger partial charge is 0.263 e. The summed E-state index contributed by atoms with van der Waals surface area (Å²) < 4.78 is 9.67. The van der Waals surface area contributed by atoms with Crippen LogP contribution in [0.2, 0.25) is 0 Å². The fraction of sp³-hybridized carbons (Fsp3) is 0.565. The van der Waals surface area contributed by atoms with E-state index in [1.807, 2.05) is 11.8 Å². The van der Waals surface area contributed by atoms with E-state index in [1.54, 1.807) is 0 Å². The Kier molecular flexibility index (Phi) is 8.03. The van der Waals surface area contributed by atoms with E-state index in [9.17, 15) is 0 Å². The molecule has 2 aromatic rings. The van der Waals surface area contributed by atoms with Crippen molar-refractivity contribution in [3.05, 3.63) is 41.6 Å². The number of nitrogens with zero attached hydrogens (tertiary/aromatic N) is 4. The zero-order chi connectivity index (χ0) is 22.1. The first-order valence-corrected chi connectivity index (χ1v) is 13.2. The first-order chi connectivity index (χ1) is 13.5. The van der Waals surface area contributed by atoms with Gasteiger partial charge in [-0.3, -0.25) is 0 Å². The van der Waals surface area contributed by atoms with Crippen LogP contribution in [-0.4, -0.2) is 67.1 Å². The van der Waals surface area contributed by atoms with Gasteiger partial charge in [-0.2, -0.15) is 14.0 Å². The van der Waals surface area contributed by atoms with E-state index in [2.05, 4.69) is 125 Å². The monoisotopic (exact) mass is 435 g/mol. The van der Waals surface area contributed by atoms with E-state index >= 15 is 0 Å². The molecule has 0 unspecified atom stereocenters. The third kappa shape index (κ3) is 4.18. The van der Waals surface area contributed by atoms with Gasteiger partial charge in [-0.05, 0) is 29.2 Å². The molecule has 162 valence electrons. The third-order valence-electron chi connectivity index (χ3n) is 5.59. The first-order valence-electron chi connectivity index (χ1n) is 10.3. The van der Waals surface area contributed by atoms with Crippen molar-refractivity contribution in [2.45, 2.75) is 44.6 Å². The van der Waals surface area contributed by atoms with Gasteiger partial charge in [0.15, 0.2) is 5.30 Å². The van der Waals surface area contributed by atoms with Crippen LogP contribution in [0, 0.1) is 0 Å². The highest BCUT2D eigenvalue weighted by atomic mass is 32.2. The second kappa shape index (κ2) is 9.53. The number of hydrogen-bond acceptors (Lipinski definition) is 4. The molecule has 0 fully saturated rings. The van der Waals surface area contributed by atoms with Gasteiger partial charge in [0.05, 0.1) is 5.69 Å². The minimum atomic E-state index is -1.84. The largest absolute Gasteiger partial charge is 0.308 e. The number of aromatic nitrogens is 1. The summed E-state index contributed by atoms with van der Waals surface area (Å²) in [5, 5.41) is 2.75. The van der Waals surface area contributed by atoms with Gasteiger partial charge < -0.3 is 4.57 Å². The lowest BCUT2D eigenvalue weighted by Gasteiger charge is -2.39. The first kappa shape index (κ1) is 24.4. The number of benzene rings is 1. The number of thioether (sulfide) groups is 1. The van der Waals surface area contributed by atoms with Crippen LogP contribution in [0.15, 0.2) is 35.5 Å². The molecule has 0 aliphatic carbocycles. The fourth-order valence-corrected chi connectivity index (χ4v) is 9.86. The molecule has 0 aliphatic rings. The van der Waals surface area contributed by atoms with Gasteiger partial charge in [0.1, 0.15) is 5.03 Å². The molecule has 29 heavy (non-hydrogen) atoms. The molecule has 0 aliphatic heterocycles. The third-order valence-corrected chi connectivity index (χ3v) is 10.9. The number of hydrogen-bond donors (Lipinski definition) is 0. The Bertz CT molecular complexity index is 776. The highest BCUT2D eigenvalue weighted by Gasteiger charge is 2.52. The molecule has 1 heterocycles. The van der Waals surface area contributed by atoms with Gasteiger partial charge >= 0.3 is 0 Å². The van der Waals surface area contributed by atoms with E-state index in [0.717, 1.165) is 0 Å². The van der Waals surface area contributed by atoms with Crippen LogP contribution < -0.4 is 5.30 Å². The lowest BCUT2D eigenvalue weighted by Crippen LogP contribution is -2.42. The average Bonchev–Trinajstić information content (AvgIpc) is 3.04. The molecular weight excluding hydrogens is 395 g/mol. The maximum atomic E-state index is 2.45. The van der Waals surface area contributed by atoms with Gasteiger partial charge in [-0.25, -0.2) is 0 Å². The van der Waals surface area contributed by atoms with Crippen molar-refractivity contribution in [2.75, 3.05) is 48.5 Å². The second-order valence-electron chi connectivity index (χ2n) is 8.78. The van der Waals surface area contributed by atoms with Crippen LogP contribution in [0.3, 0.4) is 0 Å². The number of para-hydroxylation sites is 1. The Hall–Kier alpha value is -0.840. The Morgan fingerprint density at radius 3 is 1.59 bits per heavy atom. The van der Waals surface area contributed by atoms with E-state index < -0.39 is 7.71 Å². The summed E-state index contributed by atoms with van der Waals surface area (Å²) in [6, 6.07) is 9.15. The normalized spacial score (nSPS) is 13.0. The molecule has 0 atom stereocenters. The van der Waals surface area contributed by atoms with Crippen molar-refractivity contribution in [3.8, 4) is 5.69 Å². The van der Waals surface area contributed by atoms with Crippen LogP contribution >= 0.6 is 19.5 Å². The zero-order valence-corrected chi connectivity index (χ0v) is 21.9. The summed E-state index contributed by atoms with van der Waals surface area (Å²) in [6.45, 7) is 9.18. The summed E-state index contributed by atoms with van der Waals surface area (Å²) in [7, 11) is 11.4. The molecule has 0 spiro atoms. The molecule has 0 bridgehead atoms.